The van der Waals surface area contributed by atoms with Crippen molar-refractivity contribution in [3.8, 4) is 0 Å². The molecule has 0 heterocycles. The van der Waals surface area contributed by atoms with Crippen LogP contribution in [0.5, 0.6) is 0 Å². The average Bonchev–Trinajstić information content (AvgIpc) is 3.49. The van der Waals surface area contributed by atoms with E-state index >= 15 is 0 Å². The van der Waals surface area contributed by atoms with Crippen LogP contribution < -0.4 is 0 Å². The van der Waals surface area contributed by atoms with Crippen molar-refractivity contribution in [1.82, 2.24) is 0 Å². The zero-order chi connectivity index (χ0) is 59.9. The van der Waals surface area contributed by atoms with Gasteiger partial charge in [0, 0.05) is 19.3 Å². The number of carbonyl (C=O) groups excluding carboxylic acids is 3. The first-order chi connectivity index (χ1) is 41.0. The van der Waals surface area contributed by atoms with E-state index < -0.39 is 6.10 Å². The molecule has 6 heteroatoms. The van der Waals surface area contributed by atoms with Crippen molar-refractivity contribution in [2.24, 2.45) is 0 Å². The summed E-state index contributed by atoms with van der Waals surface area (Å²) in [6.45, 7) is 6.52. The Labute approximate surface area is 515 Å². The van der Waals surface area contributed by atoms with Crippen molar-refractivity contribution in [2.45, 2.75) is 374 Å². The Morgan fingerprint density at radius 3 is 0.771 bits per heavy atom. The monoisotopic (exact) mass is 1160 g/mol. The number of ether oxygens (including phenoxy) is 3. The summed E-state index contributed by atoms with van der Waals surface area (Å²) >= 11 is 0. The summed E-state index contributed by atoms with van der Waals surface area (Å²) in [5, 5.41) is 0. The molecule has 0 amide bonds. The highest BCUT2D eigenvalue weighted by Gasteiger charge is 2.19. The first kappa shape index (κ1) is 79.6. The van der Waals surface area contributed by atoms with Crippen LogP contribution in [-0.4, -0.2) is 37.2 Å². The predicted octanol–water partition coefficient (Wildman–Crippen LogP) is 25.0. The van der Waals surface area contributed by atoms with E-state index in [1.54, 1.807) is 0 Å². The topological polar surface area (TPSA) is 78.9 Å². The highest BCUT2D eigenvalue weighted by Crippen LogP contribution is 2.18. The molecular formula is C77H136O6. The number of hydrogen-bond donors (Lipinski definition) is 0. The van der Waals surface area contributed by atoms with Gasteiger partial charge in [-0.05, 0) is 116 Å². The summed E-state index contributed by atoms with van der Waals surface area (Å²) in [6.07, 6.45) is 94.9. The van der Waals surface area contributed by atoms with E-state index in [1.807, 2.05) is 0 Å². The summed E-state index contributed by atoms with van der Waals surface area (Å²) < 4.78 is 17.0. The van der Waals surface area contributed by atoms with Crippen molar-refractivity contribution in [2.75, 3.05) is 13.2 Å². The van der Waals surface area contributed by atoms with Crippen LogP contribution in [0.15, 0.2) is 85.1 Å². The maximum Gasteiger partial charge on any atom is 0.306 e. The van der Waals surface area contributed by atoms with E-state index in [1.165, 1.54) is 212 Å². The maximum atomic E-state index is 12.9. The quantitative estimate of drug-likeness (QED) is 0.0261. The third kappa shape index (κ3) is 69.3. The first-order valence-corrected chi connectivity index (χ1v) is 36.1. The fourth-order valence-electron chi connectivity index (χ4n) is 10.5. The highest BCUT2D eigenvalue weighted by molar-refractivity contribution is 5.71. The predicted molar refractivity (Wildman–Crippen MR) is 362 cm³/mol. The van der Waals surface area contributed by atoms with Crippen LogP contribution in [0.4, 0.5) is 0 Å². The Hall–Kier alpha value is -3.41. The van der Waals surface area contributed by atoms with Crippen LogP contribution in [0.3, 0.4) is 0 Å². The van der Waals surface area contributed by atoms with Gasteiger partial charge >= 0.3 is 17.9 Å². The Kier molecular flexibility index (Phi) is 68.2. The lowest BCUT2D eigenvalue weighted by atomic mass is 10.0. The second-order valence-corrected chi connectivity index (χ2v) is 24.1. The van der Waals surface area contributed by atoms with E-state index in [2.05, 4.69) is 106 Å². The molecule has 1 atom stereocenters. The number of hydrogen-bond acceptors (Lipinski definition) is 6. The minimum absolute atomic E-state index is 0.0801. The van der Waals surface area contributed by atoms with Crippen LogP contribution in [0.1, 0.15) is 367 Å². The van der Waals surface area contributed by atoms with Crippen molar-refractivity contribution in [3.05, 3.63) is 85.1 Å². The van der Waals surface area contributed by atoms with Gasteiger partial charge in [-0.3, -0.25) is 14.4 Å². The molecule has 480 valence electrons. The molecule has 0 N–H and O–H groups in total. The van der Waals surface area contributed by atoms with E-state index in [0.717, 1.165) is 116 Å². The Morgan fingerprint density at radius 2 is 0.470 bits per heavy atom. The van der Waals surface area contributed by atoms with Gasteiger partial charge in [0.1, 0.15) is 13.2 Å². The first-order valence-electron chi connectivity index (χ1n) is 36.1. The summed E-state index contributed by atoms with van der Waals surface area (Å²) in [4.78, 5) is 38.4. The molecule has 0 aliphatic carbocycles. The molecule has 0 aliphatic heterocycles. The SMILES string of the molecule is CC/C=C\C/C=C\C/C=C\C/C=C\CCCCCCCCCCCCCCCCCCCCCCCCC(=O)OCC(COC(=O)CCCCCCC/C=C\CCCCCCCC)OC(=O)CCCCCCC/C=C\C/C=C\CCCCC. The molecular weight excluding hydrogens is 1020 g/mol. The maximum absolute atomic E-state index is 12.9. The molecule has 0 aromatic rings. The van der Waals surface area contributed by atoms with Gasteiger partial charge < -0.3 is 14.2 Å². The van der Waals surface area contributed by atoms with Gasteiger partial charge in [0.05, 0.1) is 0 Å². The van der Waals surface area contributed by atoms with E-state index in [4.69, 9.17) is 14.2 Å². The lowest BCUT2D eigenvalue weighted by Crippen LogP contribution is -2.30. The van der Waals surface area contributed by atoms with E-state index in [9.17, 15) is 14.4 Å². The Balaban J connectivity index is 4.12. The lowest BCUT2D eigenvalue weighted by Gasteiger charge is -2.18. The summed E-state index contributed by atoms with van der Waals surface area (Å²) in [6, 6.07) is 0. The average molecular weight is 1160 g/mol. The molecule has 0 bridgehead atoms. The molecule has 0 aliphatic rings. The minimum atomic E-state index is -0.786. The zero-order valence-electron chi connectivity index (χ0n) is 55.2. The van der Waals surface area contributed by atoms with Crippen LogP contribution in [0.2, 0.25) is 0 Å². The largest absolute Gasteiger partial charge is 0.462 e. The van der Waals surface area contributed by atoms with Crippen LogP contribution >= 0.6 is 0 Å². The minimum Gasteiger partial charge on any atom is -0.462 e. The molecule has 6 nitrogen and oxygen atoms in total. The summed E-state index contributed by atoms with van der Waals surface area (Å²) in [5.74, 6) is -0.883. The van der Waals surface area contributed by atoms with Crippen LogP contribution in [-0.2, 0) is 28.6 Å². The van der Waals surface area contributed by atoms with E-state index in [-0.39, 0.29) is 31.1 Å². The highest BCUT2D eigenvalue weighted by atomic mass is 16.6. The van der Waals surface area contributed by atoms with Gasteiger partial charge in [-0.15, -0.1) is 0 Å². The standard InChI is InChI=1S/C77H136O6/c1-4-7-10-13-16-19-22-25-28-29-30-31-32-33-34-35-36-37-38-39-40-41-42-43-44-45-46-47-50-52-55-58-61-64-67-70-76(79)82-73-74(83-77(80)71-68-65-62-59-56-53-49-27-24-21-18-15-12-9-6-3)72-81-75(78)69-66-63-60-57-54-51-48-26-23-20-17-14-11-8-5-2/h7,10,16,18-19,21,25-28,30-31,48-49,74H,4-6,8-9,11-15,17,20,22-24,29,32-47,50-73H2,1-3H3/b10-7-,19-16-,21-18-,28-25-,31-30-,48-26-,49-27-. The smallest absolute Gasteiger partial charge is 0.306 e. The second kappa shape index (κ2) is 71.1. The van der Waals surface area contributed by atoms with Gasteiger partial charge in [-0.1, -0.05) is 318 Å². The van der Waals surface area contributed by atoms with Gasteiger partial charge in [0.15, 0.2) is 6.10 Å². The fourth-order valence-corrected chi connectivity index (χ4v) is 10.5. The Morgan fingerprint density at radius 1 is 0.253 bits per heavy atom. The number of unbranched alkanes of at least 4 members (excludes halogenated alkanes) is 41. The molecule has 0 aromatic heterocycles. The molecule has 0 rings (SSSR count). The summed E-state index contributed by atoms with van der Waals surface area (Å²) in [5.41, 5.74) is 0. The van der Waals surface area contributed by atoms with Gasteiger partial charge in [0.2, 0.25) is 0 Å². The molecule has 0 saturated carbocycles. The van der Waals surface area contributed by atoms with Crippen molar-refractivity contribution in [1.29, 1.82) is 0 Å². The van der Waals surface area contributed by atoms with Crippen LogP contribution in [0, 0.1) is 0 Å². The second-order valence-electron chi connectivity index (χ2n) is 24.1. The Bertz CT molecular complexity index is 1570. The number of allylic oxidation sites excluding steroid dienone is 14. The zero-order valence-corrected chi connectivity index (χ0v) is 55.2. The number of rotatable bonds is 66. The molecule has 0 aromatic carbocycles. The molecule has 0 fully saturated rings. The van der Waals surface area contributed by atoms with Gasteiger partial charge in [-0.25, -0.2) is 0 Å². The molecule has 0 radical (unpaired) electrons. The van der Waals surface area contributed by atoms with Crippen molar-refractivity contribution >= 4 is 17.9 Å². The fraction of sp³-hybridized carbons (Fsp3) is 0.779. The number of carbonyl (C=O) groups is 3. The normalized spacial score (nSPS) is 12.6. The molecule has 1 unspecified atom stereocenters. The van der Waals surface area contributed by atoms with Crippen molar-refractivity contribution in [3.63, 3.8) is 0 Å². The molecule has 83 heavy (non-hydrogen) atoms. The van der Waals surface area contributed by atoms with E-state index in [0.29, 0.717) is 19.3 Å². The summed E-state index contributed by atoms with van der Waals surface area (Å²) in [7, 11) is 0. The third-order valence-corrected chi connectivity index (χ3v) is 15.9. The van der Waals surface area contributed by atoms with Crippen molar-refractivity contribution < 1.29 is 28.6 Å². The third-order valence-electron chi connectivity index (χ3n) is 15.9. The number of esters is 3. The molecule has 0 saturated heterocycles. The van der Waals surface area contributed by atoms with Gasteiger partial charge in [-0.2, -0.15) is 0 Å². The lowest BCUT2D eigenvalue weighted by molar-refractivity contribution is -0.167. The van der Waals surface area contributed by atoms with Gasteiger partial charge in [0.25, 0.3) is 0 Å². The molecule has 0 spiro atoms. The van der Waals surface area contributed by atoms with Crippen LogP contribution in [0.25, 0.3) is 0 Å².